The zero-order valence-electron chi connectivity index (χ0n) is 10.8. The highest BCUT2D eigenvalue weighted by molar-refractivity contribution is 9.10. The molecule has 0 spiro atoms. The van der Waals surface area contributed by atoms with Gasteiger partial charge in [-0.2, -0.15) is 0 Å². The van der Waals surface area contributed by atoms with E-state index in [1.807, 2.05) is 21.0 Å². The quantitative estimate of drug-likeness (QED) is 0.647. The second kappa shape index (κ2) is 6.70. The standard InChI is InChI=1S/C12H18BrN3O2/c1-9(6-7-15(2)3)14-11-5-4-10(13)8-12(11)16(17)18/h4-5,8-9,14H,6-7H2,1-3H3. The average molecular weight is 316 g/mol. The number of anilines is 1. The van der Waals surface area contributed by atoms with E-state index in [2.05, 4.69) is 26.1 Å². The van der Waals surface area contributed by atoms with E-state index in [1.54, 1.807) is 12.1 Å². The van der Waals surface area contributed by atoms with Crippen LogP contribution >= 0.6 is 15.9 Å². The number of hydrogen-bond donors (Lipinski definition) is 1. The van der Waals surface area contributed by atoms with Crippen molar-refractivity contribution >= 4 is 27.3 Å². The van der Waals surface area contributed by atoms with Gasteiger partial charge in [0.1, 0.15) is 5.69 Å². The van der Waals surface area contributed by atoms with Crippen molar-refractivity contribution in [1.29, 1.82) is 0 Å². The highest BCUT2D eigenvalue weighted by Crippen LogP contribution is 2.28. The minimum Gasteiger partial charge on any atom is -0.377 e. The molecule has 0 aliphatic carbocycles. The van der Waals surface area contributed by atoms with Crippen LogP contribution in [-0.2, 0) is 0 Å². The molecule has 0 radical (unpaired) electrons. The number of benzene rings is 1. The monoisotopic (exact) mass is 315 g/mol. The van der Waals surface area contributed by atoms with Gasteiger partial charge in [0, 0.05) is 16.6 Å². The molecule has 0 saturated carbocycles. The molecule has 1 aromatic carbocycles. The summed E-state index contributed by atoms with van der Waals surface area (Å²) in [5.41, 5.74) is 0.663. The maximum absolute atomic E-state index is 11.0. The fourth-order valence-corrected chi connectivity index (χ4v) is 1.92. The molecular formula is C12H18BrN3O2. The predicted molar refractivity (Wildman–Crippen MR) is 77.1 cm³/mol. The highest BCUT2D eigenvalue weighted by atomic mass is 79.9. The molecule has 100 valence electrons. The van der Waals surface area contributed by atoms with E-state index < -0.39 is 0 Å². The van der Waals surface area contributed by atoms with Crippen LogP contribution < -0.4 is 5.32 Å². The summed E-state index contributed by atoms with van der Waals surface area (Å²) >= 11 is 3.24. The zero-order valence-corrected chi connectivity index (χ0v) is 12.4. The van der Waals surface area contributed by atoms with E-state index in [1.165, 1.54) is 6.07 Å². The predicted octanol–water partition coefficient (Wildman–Crippen LogP) is 3.11. The van der Waals surface area contributed by atoms with Crippen molar-refractivity contribution < 1.29 is 4.92 Å². The Bertz CT molecular complexity index is 424. The topological polar surface area (TPSA) is 58.4 Å². The molecule has 1 rings (SSSR count). The molecule has 18 heavy (non-hydrogen) atoms. The number of nitrogens with zero attached hydrogens (tertiary/aromatic N) is 2. The minimum atomic E-state index is -0.369. The van der Waals surface area contributed by atoms with E-state index in [4.69, 9.17) is 0 Å². The molecule has 0 heterocycles. The number of halogens is 1. The molecule has 0 saturated heterocycles. The van der Waals surface area contributed by atoms with Crippen molar-refractivity contribution in [3.63, 3.8) is 0 Å². The molecule has 1 N–H and O–H groups in total. The van der Waals surface area contributed by atoms with Gasteiger partial charge in [0.05, 0.1) is 4.92 Å². The van der Waals surface area contributed by atoms with Crippen LogP contribution in [0.3, 0.4) is 0 Å². The van der Waals surface area contributed by atoms with Gasteiger partial charge in [0.25, 0.3) is 5.69 Å². The van der Waals surface area contributed by atoms with E-state index in [-0.39, 0.29) is 16.7 Å². The molecule has 0 fully saturated rings. The maximum Gasteiger partial charge on any atom is 0.293 e. The largest absolute Gasteiger partial charge is 0.377 e. The van der Waals surface area contributed by atoms with Crippen LogP contribution in [-0.4, -0.2) is 36.5 Å². The van der Waals surface area contributed by atoms with Crippen LogP contribution in [0.1, 0.15) is 13.3 Å². The Morgan fingerprint density at radius 2 is 2.17 bits per heavy atom. The molecule has 0 aromatic heterocycles. The number of nitro groups is 1. The SMILES string of the molecule is CC(CCN(C)C)Nc1ccc(Br)cc1[N+](=O)[O-]. The number of nitro benzene ring substituents is 1. The van der Waals surface area contributed by atoms with Crippen molar-refractivity contribution in [3.8, 4) is 0 Å². The molecular weight excluding hydrogens is 298 g/mol. The molecule has 0 aliphatic rings. The van der Waals surface area contributed by atoms with Crippen molar-refractivity contribution in [1.82, 2.24) is 4.90 Å². The van der Waals surface area contributed by atoms with Crippen LogP contribution in [0, 0.1) is 10.1 Å². The van der Waals surface area contributed by atoms with Gasteiger partial charge in [-0.1, -0.05) is 15.9 Å². The Hall–Kier alpha value is -1.14. The third-order valence-electron chi connectivity index (χ3n) is 2.57. The van der Waals surface area contributed by atoms with Gasteiger partial charge >= 0.3 is 0 Å². The van der Waals surface area contributed by atoms with Crippen LogP contribution in [0.2, 0.25) is 0 Å². The second-order valence-electron chi connectivity index (χ2n) is 4.56. The number of nitrogens with one attached hydrogen (secondary N) is 1. The fourth-order valence-electron chi connectivity index (χ4n) is 1.57. The summed E-state index contributed by atoms with van der Waals surface area (Å²) in [4.78, 5) is 12.7. The first kappa shape index (κ1) is 14.9. The number of rotatable bonds is 6. The fraction of sp³-hybridized carbons (Fsp3) is 0.500. The Morgan fingerprint density at radius 3 is 2.72 bits per heavy atom. The molecule has 5 nitrogen and oxygen atoms in total. The van der Waals surface area contributed by atoms with E-state index in [0.717, 1.165) is 13.0 Å². The van der Waals surface area contributed by atoms with Gasteiger partial charge in [-0.05, 0) is 46.1 Å². The zero-order chi connectivity index (χ0) is 13.7. The van der Waals surface area contributed by atoms with E-state index >= 15 is 0 Å². The normalized spacial score (nSPS) is 12.5. The van der Waals surface area contributed by atoms with Gasteiger partial charge < -0.3 is 10.2 Å². The first-order valence-electron chi connectivity index (χ1n) is 5.75. The number of hydrogen-bond acceptors (Lipinski definition) is 4. The maximum atomic E-state index is 11.0. The van der Waals surface area contributed by atoms with Gasteiger partial charge in [0.15, 0.2) is 0 Å². The molecule has 1 unspecified atom stereocenters. The molecule has 1 atom stereocenters. The van der Waals surface area contributed by atoms with Crippen molar-refractivity contribution in [2.45, 2.75) is 19.4 Å². The van der Waals surface area contributed by atoms with Crippen molar-refractivity contribution in [2.24, 2.45) is 0 Å². The summed E-state index contributed by atoms with van der Waals surface area (Å²) in [5.74, 6) is 0. The Labute approximate surface area is 115 Å². The highest BCUT2D eigenvalue weighted by Gasteiger charge is 2.15. The van der Waals surface area contributed by atoms with Crippen LogP contribution in [0.15, 0.2) is 22.7 Å². The molecule has 0 amide bonds. The summed E-state index contributed by atoms with van der Waals surface area (Å²) in [6.45, 7) is 2.97. The van der Waals surface area contributed by atoms with Crippen molar-refractivity contribution in [2.75, 3.05) is 26.0 Å². The van der Waals surface area contributed by atoms with Gasteiger partial charge in [0.2, 0.25) is 0 Å². The van der Waals surface area contributed by atoms with Crippen LogP contribution in [0.25, 0.3) is 0 Å². The third kappa shape index (κ3) is 4.62. The summed E-state index contributed by atoms with van der Waals surface area (Å²) in [5, 5.41) is 14.1. The molecule has 0 bridgehead atoms. The van der Waals surface area contributed by atoms with Crippen LogP contribution in [0.4, 0.5) is 11.4 Å². The van der Waals surface area contributed by atoms with Crippen molar-refractivity contribution in [3.05, 3.63) is 32.8 Å². The Kier molecular flexibility index (Phi) is 5.55. The van der Waals surface area contributed by atoms with Crippen LogP contribution in [0.5, 0.6) is 0 Å². The summed E-state index contributed by atoms with van der Waals surface area (Å²) in [6.07, 6.45) is 0.931. The van der Waals surface area contributed by atoms with E-state index in [0.29, 0.717) is 10.2 Å². The summed E-state index contributed by atoms with van der Waals surface area (Å²) in [6, 6.07) is 5.23. The molecule has 6 heteroatoms. The van der Waals surface area contributed by atoms with Gasteiger partial charge in [-0.3, -0.25) is 10.1 Å². The lowest BCUT2D eigenvalue weighted by molar-refractivity contribution is -0.384. The first-order valence-corrected chi connectivity index (χ1v) is 6.54. The first-order chi connectivity index (χ1) is 8.40. The summed E-state index contributed by atoms with van der Waals surface area (Å²) in [7, 11) is 4.02. The Morgan fingerprint density at radius 1 is 1.50 bits per heavy atom. The second-order valence-corrected chi connectivity index (χ2v) is 5.47. The van der Waals surface area contributed by atoms with Gasteiger partial charge in [-0.15, -0.1) is 0 Å². The van der Waals surface area contributed by atoms with E-state index in [9.17, 15) is 10.1 Å². The minimum absolute atomic E-state index is 0.0982. The van der Waals surface area contributed by atoms with Gasteiger partial charge in [-0.25, -0.2) is 0 Å². The lowest BCUT2D eigenvalue weighted by atomic mass is 10.2. The molecule has 0 aliphatic heterocycles. The summed E-state index contributed by atoms with van der Waals surface area (Å²) < 4.78 is 0.709. The Balaban J connectivity index is 2.74. The molecule has 1 aromatic rings. The smallest absolute Gasteiger partial charge is 0.293 e. The lowest BCUT2D eigenvalue weighted by Crippen LogP contribution is -2.23. The lowest BCUT2D eigenvalue weighted by Gasteiger charge is -2.17. The average Bonchev–Trinajstić information content (AvgIpc) is 2.28. The third-order valence-corrected chi connectivity index (χ3v) is 3.06.